The quantitative estimate of drug-likeness (QED) is 0.101. The van der Waals surface area contributed by atoms with Gasteiger partial charge in [-0.2, -0.15) is 0 Å². The molecule has 4 heterocycles. The number of furan rings is 1. The third-order valence-corrected chi connectivity index (χ3v) is 15.9. The van der Waals surface area contributed by atoms with Crippen LogP contribution in [0.2, 0.25) is 0 Å². The predicted molar refractivity (Wildman–Crippen MR) is 326 cm³/mol. The van der Waals surface area contributed by atoms with E-state index in [0.29, 0.717) is 6.54 Å². The smallest absolute Gasteiger partial charge is 0.252 e. The van der Waals surface area contributed by atoms with Gasteiger partial charge in [-0.3, -0.25) is 0 Å². The monoisotopic (exact) mass is 989 g/mol. The lowest BCUT2D eigenvalue weighted by molar-refractivity contribution is 0.424. The van der Waals surface area contributed by atoms with Gasteiger partial charge in [0.15, 0.2) is 0 Å². The lowest BCUT2D eigenvalue weighted by Gasteiger charge is -2.45. The molecule has 0 bridgehead atoms. The van der Waals surface area contributed by atoms with Gasteiger partial charge < -0.3 is 23.9 Å². The molecule has 366 valence electrons. The highest BCUT2D eigenvalue weighted by Crippen LogP contribution is 2.51. The lowest BCUT2D eigenvalue weighted by Crippen LogP contribution is -2.62. The van der Waals surface area contributed by atoms with E-state index in [1.165, 1.54) is 27.3 Å². The molecule has 10 aromatic carbocycles. The van der Waals surface area contributed by atoms with Crippen molar-refractivity contribution in [2.24, 2.45) is 0 Å². The second-order valence-corrected chi connectivity index (χ2v) is 20.2. The fourth-order valence-corrected chi connectivity index (χ4v) is 12.5. The Morgan fingerprint density at radius 1 is 0.494 bits per heavy atom. The van der Waals surface area contributed by atoms with Crippen LogP contribution in [0, 0.1) is 0 Å². The first kappa shape index (κ1) is 46.1. The van der Waals surface area contributed by atoms with Gasteiger partial charge in [-0.1, -0.05) is 206 Å². The third-order valence-electron chi connectivity index (χ3n) is 15.9. The first-order valence-electron chi connectivity index (χ1n) is 26.7. The Balaban J connectivity index is 1.16. The molecule has 0 N–H and O–H groups in total. The summed E-state index contributed by atoms with van der Waals surface area (Å²) in [7, 11) is 0. The molecule has 5 nitrogen and oxygen atoms in total. The molecule has 14 rings (SSSR count). The summed E-state index contributed by atoms with van der Waals surface area (Å²) in [4.78, 5) is 7.61. The highest BCUT2D eigenvalue weighted by atomic mass is 16.5. The summed E-state index contributed by atoms with van der Waals surface area (Å²) in [5, 5.41) is 2.20. The van der Waals surface area contributed by atoms with Crippen LogP contribution in [-0.2, 0) is 0 Å². The zero-order valence-corrected chi connectivity index (χ0v) is 43.3. The summed E-state index contributed by atoms with van der Waals surface area (Å²) in [5.41, 5.74) is 22.4. The van der Waals surface area contributed by atoms with Crippen molar-refractivity contribution in [3.05, 3.63) is 266 Å². The number of benzene rings is 10. The minimum Gasteiger partial charge on any atom is -0.463 e. The van der Waals surface area contributed by atoms with Gasteiger partial charge in [-0.15, -0.1) is 0 Å². The van der Waals surface area contributed by atoms with Crippen LogP contribution in [0.4, 0.5) is 45.5 Å². The van der Waals surface area contributed by atoms with Crippen LogP contribution in [0.25, 0.3) is 44.2 Å². The predicted octanol–water partition coefficient (Wildman–Crippen LogP) is 15.1. The Bertz CT molecular complexity index is 4110. The van der Waals surface area contributed by atoms with Crippen LogP contribution in [0.5, 0.6) is 5.75 Å². The summed E-state index contributed by atoms with van der Waals surface area (Å²) < 4.78 is 13.7. The summed E-state index contributed by atoms with van der Waals surface area (Å²) in [6.45, 7) is 6.72. The molecule has 0 atom stereocenters. The van der Waals surface area contributed by atoms with Gasteiger partial charge in [0.2, 0.25) is 6.71 Å². The van der Waals surface area contributed by atoms with Crippen LogP contribution in [0.1, 0.15) is 20.8 Å². The number of rotatable bonds is 10. The molecule has 0 saturated heterocycles. The third kappa shape index (κ3) is 7.56. The summed E-state index contributed by atoms with van der Waals surface area (Å²) >= 11 is 0. The van der Waals surface area contributed by atoms with Gasteiger partial charge in [-0.05, 0) is 108 Å². The molecule has 3 aliphatic rings. The molecule has 0 saturated carbocycles. The first-order chi connectivity index (χ1) is 38.1. The van der Waals surface area contributed by atoms with Crippen molar-refractivity contribution in [3.63, 3.8) is 0 Å². The maximum absolute atomic E-state index is 7.02. The van der Waals surface area contributed by atoms with Crippen molar-refractivity contribution in [2.45, 2.75) is 20.8 Å². The Morgan fingerprint density at radius 3 is 1.81 bits per heavy atom. The molecule has 7 heteroatoms. The van der Waals surface area contributed by atoms with Crippen LogP contribution < -0.4 is 46.8 Å². The van der Waals surface area contributed by atoms with Crippen LogP contribution in [0.15, 0.2) is 270 Å². The molecule has 1 aromatic heterocycles. The number of allylic oxidation sites excluding steroid dienone is 5. The number of anilines is 8. The minimum absolute atomic E-state index is 0.155. The Kier molecular flexibility index (Phi) is 11.4. The maximum atomic E-state index is 7.02. The maximum Gasteiger partial charge on any atom is 0.252 e. The molecular formula is C70H53B2N3O2. The second kappa shape index (κ2) is 19.0. The lowest BCUT2D eigenvalue weighted by atomic mass is 9.31. The summed E-state index contributed by atoms with van der Waals surface area (Å²) in [6, 6.07) is 84.0. The number of para-hydroxylation sites is 6. The van der Waals surface area contributed by atoms with Crippen molar-refractivity contribution in [1.82, 2.24) is 0 Å². The van der Waals surface area contributed by atoms with E-state index in [1.807, 2.05) is 0 Å². The normalized spacial score (nSPS) is 13.5. The van der Waals surface area contributed by atoms with Crippen molar-refractivity contribution < 1.29 is 9.15 Å². The van der Waals surface area contributed by atoms with E-state index in [-0.39, 0.29) is 13.4 Å². The van der Waals surface area contributed by atoms with Gasteiger partial charge in [0.25, 0.3) is 6.71 Å². The Labute approximate surface area is 451 Å². The molecular weight excluding hydrogens is 936 g/mol. The average molecular weight is 990 g/mol. The zero-order valence-electron chi connectivity index (χ0n) is 43.3. The van der Waals surface area contributed by atoms with E-state index in [2.05, 4.69) is 290 Å². The van der Waals surface area contributed by atoms with E-state index in [1.54, 1.807) is 0 Å². The standard InChI is InChI=1S/C70H53B2N3O2/c1-4-5-6-25-43-73(69-53(49-27-11-7-12-28-49)36-26-37-54(69)50-29-13-8-14-30-50)61-45-62-59(44-58(61)71-47(2)48(3)76-65-42-24-21-39-57(65)71)72-56-38-20-22-40-60(56)75(52-33-17-10-18-34-52)70-67-55-35-19-23-41-64(55)77-66(67)46-63(68(70)72)74(62)51-31-15-9-16-32-51/h4-42,44-46H,43H2,1-3H3/b5-4-,25-6-. The molecule has 0 fully saturated rings. The van der Waals surface area contributed by atoms with Gasteiger partial charge in [0.05, 0.1) is 22.5 Å². The number of hydrogen-bond acceptors (Lipinski definition) is 5. The summed E-state index contributed by atoms with van der Waals surface area (Å²) in [5.74, 6) is 1.80. The van der Waals surface area contributed by atoms with E-state index in [0.717, 1.165) is 107 Å². The van der Waals surface area contributed by atoms with Gasteiger partial charge >= 0.3 is 0 Å². The molecule has 0 amide bonds. The van der Waals surface area contributed by atoms with E-state index < -0.39 is 0 Å². The Hall–Kier alpha value is -9.45. The molecule has 3 aliphatic heterocycles. The largest absolute Gasteiger partial charge is 0.463 e. The topological polar surface area (TPSA) is 32.1 Å². The molecule has 0 radical (unpaired) electrons. The van der Waals surface area contributed by atoms with Crippen LogP contribution in [-0.4, -0.2) is 20.0 Å². The Morgan fingerprint density at radius 2 is 1.10 bits per heavy atom. The molecule has 77 heavy (non-hydrogen) atoms. The van der Waals surface area contributed by atoms with E-state index >= 15 is 0 Å². The highest BCUT2D eigenvalue weighted by molar-refractivity contribution is 7.01. The molecule has 0 aliphatic carbocycles. The minimum atomic E-state index is -0.169. The molecule has 11 aromatic rings. The van der Waals surface area contributed by atoms with Crippen molar-refractivity contribution in [2.75, 3.05) is 21.2 Å². The fourth-order valence-electron chi connectivity index (χ4n) is 12.5. The van der Waals surface area contributed by atoms with Crippen molar-refractivity contribution in [1.29, 1.82) is 0 Å². The number of nitrogens with zero attached hydrogens (tertiary/aromatic N) is 3. The van der Waals surface area contributed by atoms with E-state index in [4.69, 9.17) is 9.15 Å². The van der Waals surface area contributed by atoms with E-state index in [9.17, 15) is 0 Å². The van der Waals surface area contributed by atoms with Gasteiger partial charge in [0.1, 0.15) is 16.9 Å². The number of fused-ring (bicyclic) bond motifs is 9. The zero-order chi connectivity index (χ0) is 51.6. The average Bonchev–Trinajstić information content (AvgIpc) is 4.13. The van der Waals surface area contributed by atoms with Gasteiger partial charge in [0, 0.05) is 63.2 Å². The fraction of sp³-hybridized carbons (Fsp3) is 0.0571. The number of hydrogen-bond donors (Lipinski definition) is 0. The molecule has 0 spiro atoms. The number of ether oxygens (including phenoxy) is 1. The molecule has 0 unspecified atom stereocenters. The van der Waals surface area contributed by atoms with Crippen LogP contribution in [0.3, 0.4) is 0 Å². The van der Waals surface area contributed by atoms with Crippen molar-refractivity contribution in [3.8, 4) is 28.0 Å². The van der Waals surface area contributed by atoms with Crippen molar-refractivity contribution >= 4 is 108 Å². The van der Waals surface area contributed by atoms with Crippen LogP contribution >= 0.6 is 0 Å². The second-order valence-electron chi connectivity index (χ2n) is 20.2. The SMILES string of the molecule is C/C=C\C=C/CN(c1cc2c(cc1B1C(C)=C(C)Oc3ccccc31)B1c3ccccc3N(c3ccccc3)c3c1c(cc1oc4ccccc4c31)N2c1ccccc1)c1c(-c2ccccc2)cccc1-c1ccccc1. The highest BCUT2D eigenvalue weighted by Gasteiger charge is 2.47. The van der Waals surface area contributed by atoms with Gasteiger partial charge in [-0.25, -0.2) is 0 Å². The summed E-state index contributed by atoms with van der Waals surface area (Å²) in [6.07, 6.45) is 8.71. The first-order valence-corrected chi connectivity index (χ1v) is 26.7.